The van der Waals surface area contributed by atoms with Crippen molar-refractivity contribution in [2.24, 2.45) is 0 Å². The summed E-state index contributed by atoms with van der Waals surface area (Å²) in [6.45, 7) is 2.22. The van der Waals surface area contributed by atoms with E-state index in [4.69, 9.17) is 0 Å². The number of fused-ring (bicyclic) bond motifs is 2. The zero-order chi connectivity index (χ0) is 21.2. The van der Waals surface area contributed by atoms with Crippen LogP contribution in [-0.2, 0) is 6.54 Å². The molecule has 2 fully saturated rings. The van der Waals surface area contributed by atoms with Crippen LogP contribution in [0.5, 0.6) is 0 Å². The van der Waals surface area contributed by atoms with Crippen LogP contribution in [-0.4, -0.2) is 46.0 Å². The van der Waals surface area contributed by atoms with Crippen LogP contribution in [0.3, 0.4) is 0 Å². The molecule has 2 saturated heterocycles. The first-order valence-electron chi connectivity index (χ1n) is 10.7. The van der Waals surface area contributed by atoms with Crippen molar-refractivity contribution in [3.8, 4) is 11.1 Å². The number of aromatic nitrogens is 1. The van der Waals surface area contributed by atoms with Crippen molar-refractivity contribution < 1.29 is 9.18 Å². The van der Waals surface area contributed by atoms with Gasteiger partial charge in [-0.05, 0) is 47.7 Å². The highest BCUT2D eigenvalue weighted by molar-refractivity contribution is 5.89. The number of urea groups is 1. The number of hydrogen-bond donors (Lipinski definition) is 1. The van der Waals surface area contributed by atoms with Crippen LogP contribution in [0, 0.1) is 5.82 Å². The maximum atomic E-state index is 13.9. The minimum Gasteiger partial charge on any atom is -0.321 e. The third-order valence-electron chi connectivity index (χ3n) is 6.35. The van der Waals surface area contributed by atoms with Gasteiger partial charge in [-0.25, -0.2) is 9.18 Å². The SMILES string of the molecule is O=C(Nc1ccccc1F)N1CC2CCC(C1)N2Cc1ccc(-c2cccnc2)cc1. The second kappa shape index (κ2) is 8.47. The van der Waals surface area contributed by atoms with E-state index in [2.05, 4.69) is 45.5 Å². The molecule has 2 bridgehead atoms. The summed E-state index contributed by atoms with van der Waals surface area (Å²) in [5.74, 6) is -0.410. The van der Waals surface area contributed by atoms with E-state index < -0.39 is 5.82 Å². The van der Waals surface area contributed by atoms with E-state index in [-0.39, 0.29) is 11.7 Å². The Hall–Kier alpha value is -3.25. The Bertz CT molecular complexity index is 1040. The Balaban J connectivity index is 1.22. The zero-order valence-electron chi connectivity index (χ0n) is 17.2. The molecule has 5 rings (SSSR count). The van der Waals surface area contributed by atoms with E-state index in [0.29, 0.717) is 25.2 Å². The first kappa shape index (κ1) is 19.7. The molecule has 0 spiro atoms. The van der Waals surface area contributed by atoms with Gasteiger partial charge in [-0.3, -0.25) is 9.88 Å². The van der Waals surface area contributed by atoms with Crippen LogP contribution in [0.1, 0.15) is 18.4 Å². The van der Waals surface area contributed by atoms with Gasteiger partial charge < -0.3 is 10.2 Å². The van der Waals surface area contributed by atoms with Gasteiger partial charge in [-0.1, -0.05) is 42.5 Å². The molecule has 31 heavy (non-hydrogen) atoms. The third-order valence-corrected chi connectivity index (χ3v) is 6.35. The van der Waals surface area contributed by atoms with Crippen LogP contribution in [0.4, 0.5) is 14.9 Å². The molecule has 2 aliphatic heterocycles. The van der Waals surface area contributed by atoms with Crippen LogP contribution >= 0.6 is 0 Å². The Morgan fingerprint density at radius 2 is 1.71 bits per heavy atom. The predicted octanol–water partition coefficient (Wildman–Crippen LogP) is 4.77. The van der Waals surface area contributed by atoms with Gasteiger partial charge in [0, 0.05) is 44.1 Å². The number of hydrogen-bond acceptors (Lipinski definition) is 3. The number of piperazine rings is 1. The molecule has 5 nitrogen and oxygen atoms in total. The van der Waals surface area contributed by atoms with Gasteiger partial charge in [0.1, 0.15) is 5.82 Å². The van der Waals surface area contributed by atoms with Gasteiger partial charge in [-0.15, -0.1) is 0 Å². The molecule has 2 atom stereocenters. The van der Waals surface area contributed by atoms with Crippen LogP contribution in [0.15, 0.2) is 73.1 Å². The lowest BCUT2D eigenvalue weighted by Crippen LogP contribution is -2.55. The number of halogens is 1. The van der Waals surface area contributed by atoms with E-state index in [1.807, 2.05) is 17.2 Å². The normalized spacial score (nSPS) is 20.6. The third kappa shape index (κ3) is 4.16. The summed E-state index contributed by atoms with van der Waals surface area (Å²) in [4.78, 5) is 21.2. The Labute approximate surface area is 181 Å². The molecule has 2 aromatic carbocycles. The van der Waals surface area contributed by atoms with Gasteiger partial charge in [0.15, 0.2) is 0 Å². The number of likely N-dealkylation sites (tertiary alicyclic amines) is 1. The molecule has 2 amide bonds. The quantitative estimate of drug-likeness (QED) is 0.667. The van der Waals surface area contributed by atoms with Gasteiger partial charge >= 0.3 is 6.03 Å². The Morgan fingerprint density at radius 3 is 2.39 bits per heavy atom. The molecule has 0 radical (unpaired) electrons. The predicted molar refractivity (Wildman–Crippen MR) is 119 cm³/mol. The topological polar surface area (TPSA) is 48.5 Å². The Kier molecular flexibility index (Phi) is 5.38. The number of nitrogens with one attached hydrogen (secondary N) is 1. The van der Waals surface area contributed by atoms with Crippen molar-refractivity contribution in [3.05, 3.63) is 84.4 Å². The maximum absolute atomic E-state index is 13.9. The number of benzene rings is 2. The highest BCUT2D eigenvalue weighted by Gasteiger charge is 2.41. The Morgan fingerprint density at radius 1 is 0.968 bits per heavy atom. The van der Waals surface area contributed by atoms with Gasteiger partial charge in [0.25, 0.3) is 0 Å². The summed E-state index contributed by atoms with van der Waals surface area (Å²) in [5, 5.41) is 2.72. The van der Waals surface area contributed by atoms with E-state index >= 15 is 0 Å². The van der Waals surface area contributed by atoms with Crippen molar-refractivity contribution in [1.82, 2.24) is 14.8 Å². The molecule has 1 aromatic heterocycles. The van der Waals surface area contributed by atoms with Gasteiger partial charge in [0.05, 0.1) is 5.69 Å². The summed E-state index contributed by atoms with van der Waals surface area (Å²) >= 11 is 0. The van der Waals surface area contributed by atoms with Crippen molar-refractivity contribution >= 4 is 11.7 Å². The van der Waals surface area contributed by atoms with Crippen LogP contribution in [0.2, 0.25) is 0 Å². The number of anilines is 1. The lowest BCUT2D eigenvalue weighted by atomic mass is 10.0. The molecular weight excluding hydrogens is 391 g/mol. The first-order chi connectivity index (χ1) is 15.2. The van der Waals surface area contributed by atoms with Gasteiger partial charge in [-0.2, -0.15) is 0 Å². The molecule has 2 unspecified atom stereocenters. The number of pyridine rings is 1. The number of carbonyl (C=O) groups excluding carboxylic acids is 1. The van der Waals surface area contributed by atoms with Crippen molar-refractivity contribution in [3.63, 3.8) is 0 Å². The summed E-state index contributed by atoms with van der Waals surface area (Å²) < 4.78 is 13.9. The smallest absolute Gasteiger partial charge is 0.321 e. The largest absolute Gasteiger partial charge is 0.322 e. The standard InChI is InChI=1S/C25H25FN4O/c26-23-5-1-2-6-24(23)28-25(31)29-16-21-11-12-22(17-29)30(21)15-18-7-9-19(10-8-18)20-4-3-13-27-14-20/h1-10,13-14,21-22H,11-12,15-17H2,(H,28,31). The van der Waals surface area contributed by atoms with E-state index in [9.17, 15) is 9.18 Å². The average Bonchev–Trinajstić information content (AvgIpc) is 3.03. The molecule has 0 saturated carbocycles. The fourth-order valence-electron chi connectivity index (χ4n) is 4.72. The molecule has 0 aliphatic carbocycles. The van der Waals surface area contributed by atoms with Crippen molar-refractivity contribution in [2.45, 2.75) is 31.5 Å². The molecule has 158 valence electrons. The summed E-state index contributed by atoms with van der Waals surface area (Å²) in [6, 6.07) is 19.4. The molecule has 6 heteroatoms. The molecular formula is C25H25FN4O. The summed E-state index contributed by atoms with van der Waals surface area (Å²) in [5.41, 5.74) is 3.78. The fraction of sp³-hybridized carbons (Fsp3) is 0.280. The number of nitrogens with zero attached hydrogens (tertiary/aromatic N) is 3. The highest BCUT2D eigenvalue weighted by Crippen LogP contribution is 2.32. The second-order valence-corrected chi connectivity index (χ2v) is 8.31. The number of carbonyl (C=O) groups is 1. The van der Waals surface area contributed by atoms with E-state index in [1.54, 1.807) is 24.4 Å². The molecule has 3 heterocycles. The average molecular weight is 417 g/mol. The maximum Gasteiger partial charge on any atom is 0.322 e. The first-order valence-corrected chi connectivity index (χ1v) is 10.7. The van der Waals surface area contributed by atoms with Crippen LogP contribution < -0.4 is 5.32 Å². The summed E-state index contributed by atoms with van der Waals surface area (Å²) in [6.07, 6.45) is 5.83. The van der Waals surface area contributed by atoms with Gasteiger partial charge in [0.2, 0.25) is 0 Å². The zero-order valence-corrected chi connectivity index (χ0v) is 17.2. The highest BCUT2D eigenvalue weighted by atomic mass is 19.1. The number of rotatable bonds is 4. The lowest BCUT2D eigenvalue weighted by Gasteiger charge is -2.41. The number of amides is 2. The van der Waals surface area contributed by atoms with E-state index in [1.165, 1.54) is 11.6 Å². The number of para-hydroxylation sites is 1. The second-order valence-electron chi connectivity index (χ2n) is 8.31. The van der Waals surface area contributed by atoms with Crippen LogP contribution in [0.25, 0.3) is 11.1 Å². The molecule has 1 N–H and O–H groups in total. The minimum atomic E-state index is -0.410. The summed E-state index contributed by atoms with van der Waals surface area (Å²) in [7, 11) is 0. The fourth-order valence-corrected chi connectivity index (χ4v) is 4.72. The van der Waals surface area contributed by atoms with E-state index in [0.717, 1.165) is 30.5 Å². The lowest BCUT2D eigenvalue weighted by molar-refractivity contribution is 0.0812. The molecule has 2 aliphatic rings. The minimum absolute atomic E-state index is 0.220. The monoisotopic (exact) mass is 416 g/mol. The molecule has 3 aromatic rings. The van der Waals surface area contributed by atoms with Crippen molar-refractivity contribution in [2.75, 3.05) is 18.4 Å². The van der Waals surface area contributed by atoms with Crippen molar-refractivity contribution in [1.29, 1.82) is 0 Å².